The fraction of sp³-hybridized carbons (Fsp3) is 0.706. The molecule has 1 aromatic heterocycles. The lowest BCUT2D eigenvalue weighted by molar-refractivity contribution is 0.238. The number of aromatic nitrogens is 1. The fourth-order valence-electron chi connectivity index (χ4n) is 2.91. The summed E-state index contributed by atoms with van der Waals surface area (Å²) in [5, 5.41) is 0. The first-order chi connectivity index (χ1) is 9.38. The summed E-state index contributed by atoms with van der Waals surface area (Å²) in [6, 6.07) is 6.58. The molecule has 1 aliphatic heterocycles. The van der Waals surface area contributed by atoms with Gasteiger partial charge in [-0.15, -0.1) is 0 Å². The summed E-state index contributed by atoms with van der Waals surface area (Å²) < 4.78 is 0. The Morgan fingerprint density at radius 1 is 1.40 bits per heavy atom. The lowest BCUT2D eigenvalue weighted by Crippen LogP contribution is -2.31. The van der Waals surface area contributed by atoms with Gasteiger partial charge in [-0.05, 0) is 49.1 Å². The maximum atomic E-state index is 5.81. The summed E-state index contributed by atoms with van der Waals surface area (Å²) >= 11 is 0. The van der Waals surface area contributed by atoms with Crippen LogP contribution in [0.1, 0.15) is 53.4 Å². The number of hydrogen-bond acceptors (Lipinski definition) is 3. The lowest BCUT2D eigenvalue weighted by atomic mass is 9.79. The second-order valence-electron chi connectivity index (χ2n) is 7.25. The molecule has 2 N–H and O–H groups in total. The molecule has 0 aromatic carbocycles. The number of nitrogens with zero attached hydrogens (tertiary/aromatic N) is 2. The summed E-state index contributed by atoms with van der Waals surface area (Å²) in [4.78, 5) is 6.94. The first-order valence-corrected chi connectivity index (χ1v) is 7.87. The molecule has 1 aromatic rings. The van der Waals surface area contributed by atoms with Gasteiger partial charge in [0.1, 0.15) is 11.6 Å². The summed E-state index contributed by atoms with van der Waals surface area (Å²) in [5.41, 5.74) is 6.21. The second-order valence-corrected chi connectivity index (χ2v) is 7.25. The minimum atomic E-state index is 0.402. The SMILES string of the molecule is CC(CCC1CCCN1c1cccc(N)n1)C(C)(C)C. The molecule has 2 rings (SSSR count). The molecule has 2 unspecified atom stereocenters. The van der Waals surface area contributed by atoms with Gasteiger partial charge in [-0.2, -0.15) is 0 Å². The van der Waals surface area contributed by atoms with Crippen LogP contribution in [-0.4, -0.2) is 17.6 Å². The average molecular weight is 275 g/mol. The van der Waals surface area contributed by atoms with E-state index in [1.165, 1.54) is 25.7 Å². The van der Waals surface area contributed by atoms with Crippen LogP contribution in [-0.2, 0) is 0 Å². The van der Waals surface area contributed by atoms with Crippen molar-refractivity contribution in [2.75, 3.05) is 17.2 Å². The summed E-state index contributed by atoms with van der Waals surface area (Å²) in [5.74, 6) is 2.42. The van der Waals surface area contributed by atoms with Crippen LogP contribution in [0.15, 0.2) is 18.2 Å². The van der Waals surface area contributed by atoms with Crippen LogP contribution in [0.2, 0.25) is 0 Å². The fourth-order valence-corrected chi connectivity index (χ4v) is 2.91. The van der Waals surface area contributed by atoms with Crippen LogP contribution in [0.4, 0.5) is 11.6 Å². The molecular weight excluding hydrogens is 246 g/mol. The Morgan fingerprint density at radius 2 is 2.15 bits per heavy atom. The first-order valence-electron chi connectivity index (χ1n) is 7.87. The Labute approximate surface area is 123 Å². The molecule has 0 aliphatic carbocycles. The minimum absolute atomic E-state index is 0.402. The molecule has 0 saturated carbocycles. The molecule has 0 spiro atoms. The Bertz CT molecular complexity index is 436. The normalized spacial score (nSPS) is 21.2. The van der Waals surface area contributed by atoms with Gasteiger partial charge in [0.2, 0.25) is 0 Å². The first kappa shape index (κ1) is 15.1. The van der Waals surface area contributed by atoms with Gasteiger partial charge in [-0.25, -0.2) is 4.98 Å². The van der Waals surface area contributed by atoms with Gasteiger partial charge in [-0.1, -0.05) is 33.8 Å². The van der Waals surface area contributed by atoms with E-state index in [-0.39, 0.29) is 0 Å². The monoisotopic (exact) mass is 275 g/mol. The highest BCUT2D eigenvalue weighted by Crippen LogP contribution is 2.33. The zero-order valence-electron chi connectivity index (χ0n) is 13.4. The molecule has 1 aliphatic rings. The van der Waals surface area contributed by atoms with E-state index in [9.17, 15) is 0 Å². The zero-order chi connectivity index (χ0) is 14.8. The van der Waals surface area contributed by atoms with Crippen LogP contribution in [0.5, 0.6) is 0 Å². The largest absolute Gasteiger partial charge is 0.384 e. The quantitative estimate of drug-likeness (QED) is 0.899. The van der Waals surface area contributed by atoms with E-state index in [1.807, 2.05) is 12.1 Å². The van der Waals surface area contributed by atoms with Crippen LogP contribution in [0.3, 0.4) is 0 Å². The summed E-state index contributed by atoms with van der Waals surface area (Å²) in [7, 11) is 0. The Morgan fingerprint density at radius 3 is 2.80 bits per heavy atom. The standard InChI is InChI=1S/C17H29N3/c1-13(17(2,3)4)10-11-14-7-6-12-20(14)16-9-5-8-15(18)19-16/h5,8-9,13-14H,6-7,10-12H2,1-4H3,(H2,18,19). The minimum Gasteiger partial charge on any atom is -0.384 e. The predicted molar refractivity (Wildman–Crippen MR) is 86.9 cm³/mol. The molecule has 2 atom stereocenters. The molecule has 1 fully saturated rings. The molecule has 0 bridgehead atoms. The van der Waals surface area contributed by atoms with Crippen molar-refractivity contribution in [3.8, 4) is 0 Å². The number of hydrogen-bond donors (Lipinski definition) is 1. The molecule has 0 amide bonds. The molecule has 3 heteroatoms. The Kier molecular flexibility index (Phi) is 4.56. The smallest absolute Gasteiger partial charge is 0.131 e. The van der Waals surface area contributed by atoms with Gasteiger partial charge < -0.3 is 10.6 Å². The van der Waals surface area contributed by atoms with Crippen molar-refractivity contribution in [2.24, 2.45) is 11.3 Å². The number of anilines is 2. The topological polar surface area (TPSA) is 42.1 Å². The third-order valence-corrected chi connectivity index (χ3v) is 4.84. The molecule has 112 valence electrons. The van der Waals surface area contributed by atoms with Gasteiger partial charge in [0.25, 0.3) is 0 Å². The Hall–Kier alpha value is -1.25. The maximum Gasteiger partial charge on any atom is 0.131 e. The van der Waals surface area contributed by atoms with Crippen LogP contribution in [0.25, 0.3) is 0 Å². The van der Waals surface area contributed by atoms with E-state index in [0.717, 1.165) is 18.3 Å². The van der Waals surface area contributed by atoms with E-state index in [0.29, 0.717) is 17.3 Å². The number of nitrogens with two attached hydrogens (primary N) is 1. The maximum absolute atomic E-state index is 5.81. The average Bonchev–Trinajstić information content (AvgIpc) is 2.83. The molecule has 2 heterocycles. The van der Waals surface area contributed by atoms with E-state index >= 15 is 0 Å². The predicted octanol–water partition coefficient (Wildman–Crippen LogP) is 4.10. The van der Waals surface area contributed by atoms with Crippen molar-refractivity contribution >= 4 is 11.6 Å². The van der Waals surface area contributed by atoms with Crippen molar-refractivity contribution < 1.29 is 0 Å². The second kappa shape index (κ2) is 6.02. The number of pyridine rings is 1. The van der Waals surface area contributed by atoms with Gasteiger partial charge in [0.05, 0.1) is 0 Å². The van der Waals surface area contributed by atoms with Gasteiger partial charge in [-0.3, -0.25) is 0 Å². The molecular formula is C17H29N3. The van der Waals surface area contributed by atoms with Gasteiger partial charge >= 0.3 is 0 Å². The van der Waals surface area contributed by atoms with E-state index in [2.05, 4.69) is 43.6 Å². The summed E-state index contributed by atoms with van der Waals surface area (Å²) in [6.07, 6.45) is 5.10. The zero-order valence-corrected chi connectivity index (χ0v) is 13.4. The highest BCUT2D eigenvalue weighted by atomic mass is 15.2. The molecule has 0 radical (unpaired) electrons. The van der Waals surface area contributed by atoms with Crippen molar-refractivity contribution in [1.29, 1.82) is 0 Å². The van der Waals surface area contributed by atoms with Crippen LogP contribution in [0, 0.1) is 11.3 Å². The molecule has 20 heavy (non-hydrogen) atoms. The third-order valence-electron chi connectivity index (χ3n) is 4.84. The number of nitrogen functional groups attached to an aromatic ring is 1. The lowest BCUT2D eigenvalue weighted by Gasteiger charge is -2.31. The third kappa shape index (κ3) is 3.65. The van der Waals surface area contributed by atoms with Crippen molar-refractivity contribution in [3.05, 3.63) is 18.2 Å². The van der Waals surface area contributed by atoms with Gasteiger partial charge in [0.15, 0.2) is 0 Å². The van der Waals surface area contributed by atoms with E-state index in [4.69, 9.17) is 5.73 Å². The Balaban J connectivity index is 1.98. The highest BCUT2D eigenvalue weighted by molar-refractivity contribution is 5.46. The van der Waals surface area contributed by atoms with E-state index < -0.39 is 0 Å². The number of rotatable bonds is 4. The van der Waals surface area contributed by atoms with Crippen molar-refractivity contribution in [2.45, 2.75) is 59.4 Å². The van der Waals surface area contributed by atoms with Crippen molar-refractivity contribution in [1.82, 2.24) is 4.98 Å². The molecule has 3 nitrogen and oxygen atoms in total. The van der Waals surface area contributed by atoms with E-state index in [1.54, 1.807) is 0 Å². The van der Waals surface area contributed by atoms with Crippen molar-refractivity contribution in [3.63, 3.8) is 0 Å². The van der Waals surface area contributed by atoms with Crippen LogP contribution >= 0.6 is 0 Å². The highest BCUT2D eigenvalue weighted by Gasteiger charge is 2.27. The molecule has 1 saturated heterocycles. The van der Waals surface area contributed by atoms with Crippen LogP contribution < -0.4 is 10.6 Å². The summed E-state index contributed by atoms with van der Waals surface area (Å²) in [6.45, 7) is 10.5. The van der Waals surface area contributed by atoms with Gasteiger partial charge in [0, 0.05) is 12.6 Å².